The normalized spacial score (nSPS) is 14.4. The Morgan fingerprint density at radius 2 is 1.53 bits per heavy atom. The van der Waals surface area contributed by atoms with Crippen LogP contribution in [0.25, 0.3) is 6.08 Å². The highest BCUT2D eigenvalue weighted by atomic mass is 32.2. The number of aliphatic carboxylic acids is 1. The van der Waals surface area contributed by atoms with Gasteiger partial charge in [-0.2, -0.15) is 0 Å². The van der Waals surface area contributed by atoms with Crippen molar-refractivity contribution >= 4 is 46.3 Å². The number of thioether (sulfide) groups is 1. The molecular formula is C28H25NO5S2. The largest absolute Gasteiger partial charge is 0.489 e. The zero-order chi connectivity index (χ0) is 25.7. The molecule has 1 aliphatic heterocycles. The number of carboxylic acid groups (broad SMARTS) is 1. The number of hydrogen-bond donors (Lipinski definition) is 1. The fourth-order valence-corrected chi connectivity index (χ4v) is 4.70. The second-order valence-electron chi connectivity index (χ2n) is 8.41. The van der Waals surface area contributed by atoms with Gasteiger partial charge < -0.3 is 14.6 Å². The smallest absolute Gasteiger partial charge is 0.323 e. The number of thiocarbonyl (C=S) groups is 1. The lowest BCUT2D eigenvalue weighted by Gasteiger charge is -2.13. The molecular weight excluding hydrogens is 494 g/mol. The topological polar surface area (TPSA) is 76.1 Å². The van der Waals surface area contributed by atoms with Gasteiger partial charge in [-0.3, -0.25) is 14.5 Å². The number of carbonyl (C=O) groups excluding carboxylic acids is 1. The van der Waals surface area contributed by atoms with E-state index in [0.717, 1.165) is 33.4 Å². The van der Waals surface area contributed by atoms with Crippen LogP contribution in [0.1, 0.15) is 27.8 Å². The number of ether oxygens (including phenoxy) is 2. The van der Waals surface area contributed by atoms with Crippen LogP contribution < -0.4 is 9.47 Å². The minimum atomic E-state index is -1.12. The third kappa shape index (κ3) is 6.53. The molecule has 0 aliphatic carbocycles. The van der Waals surface area contributed by atoms with Crippen LogP contribution in [-0.4, -0.2) is 32.7 Å². The molecule has 0 atom stereocenters. The number of benzene rings is 3. The van der Waals surface area contributed by atoms with Crippen molar-refractivity contribution in [1.29, 1.82) is 0 Å². The van der Waals surface area contributed by atoms with Crippen LogP contribution in [0.4, 0.5) is 0 Å². The highest BCUT2D eigenvalue weighted by Crippen LogP contribution is 2.35. The molecule has 1 saturated heterocycles. The van der Waals surface area contributed by atoms with Gasteiger partial charge in [0.2, 0.25) is 0 Å². The first-order valence-corrected chi connectivity index (χ1v) is 12.5. The summed E-state index contributed by atoms with van der Waals surface area (Å²) in [5.41, 5.74) is 5.07. The van der Waals surface area contributed by atoms with E-state index < -0.39 is 18.4 Å². The van der Waals surface area contributed by atoms with E-state index in [1.807, 2.05) is 74.5 Å². The summed E-state index contributed by atoms with van der Waals surface area (Å²) in [6.07, 6.45) is 1.68. The molecule has 4 rings (SSSR count). The minimum Gasteiger partial charge on any atom is -0.489 e. The molecule has 8 heteroatoms. The first-order valence-electron chi connectivity index (χ1n) is 11.3. The Hall–Kier alpha value is -3.62. The Labute approximate surface area is 219 Å². The third-order valence-electron chi connectivity index (χ3n) is 5.48. The molecule has 1 N–H and O–H groups in total. The molecule has 0 spiro atoms. The van der Waals surface area contributed by atoms with Crippen molar-refractivity contribution in [3.63, 3.8) is 0 Å². The summed E-state index contributed by atoms with van der Waals surface area (Å²) >= 11 is 6.29. The van der Waals surface area contributed by atoms with Crippen LogP contribution in [0.5, 0.6) is 11.5 Å². The molecule has 1 fully saturated rings. The van der Waals surface area contributed by atoms with E-state index in [0.29, 0.717) is 35.2 Å². The molecule has 0 saturated carbocycles. The van der Waals surface area contributed by atoms with E-state index in [2.05, 4.69) is 0 Å². The fraction of sp³-hybridized carbons (Fsp3) is 0.179. The first kappa shape index (κ1) is 25.5. The number of carboxylic acids is 1. The average molecular weight is 520 g/mol. The Bertz CT molecular complexity index is 1320. The molecule has 36 heavy (non-hydrogen) atoms. The second-order valence-corrected chi connectivity index (χ2v) is 10.1. The summed E-state index contributed by atoms with van der Waals surface area (Å²) in [5, 5.41) is 9.09. The van der Waals surface area contributed by atoms with Gasteiger partial charge in [-0.25, -0.2) is 0 Å². The maximum atomic E-state index is 12.7. The van der Waals surface area contributed by atoms with Crippen molar-refractivity contribution in [1.82, 2.24) is 4.90 Å². The van der Waals surface area contributed by atoms with Crippen molar-refractivity contribution in [2.45, 2.75) is 27.1 Å². The van der Waals surface area contributed by atoms with Gasteiger partial charge in [0.15, 0.2) is 0 Å². The van der Waals surface area contributed by atoms with Crippen molar-refractivity contribution < 1.29 is 24.2 Å². The van der Waals surface area contributed by atoms with E-state index >= 15 is 0 Å². The molecule has 3 aromatic rings. The molecule has 0 bridgehead atoms. The zero-order valence-electron chi connectivity index (χ0n) is 19.9. The maximum Gasteiger partial charge on any atom is 0.323 e. The van der Waals surface area contributed by atoms with Crippen molar-refractivity contribution in [2.24, 2.45) is 0 Å². The quantitative estimate of drug-likeness (QED) is 0.285. The number of amides is 1. The summed E-state index contributed by atoms with van der Waals surface area (Å²) in [4.78, 5) is 25.3. The molecule has 0 aromatic heterocycles. The van der Waals surface area contributed by atoms with Gasteiger partial charge in [0.05, 0.1) is 4.91 Å². The lowest BCUT2D eigenvalue weighted by molar-refractivity contribution is -0.140. The predicted molar refractivity (Wildman–Crippen MR) is 145 cm³/mol. The molecule has 184 valence electrons. The summed E-state index contributed by atoms with van der Waals surface area (Å²) in [6, 6.07) is 21.6. The fourth-order valence-electron chi connectivity index (χ4n) is 3.46. The Kier molecular flexibility index (Phi) is 8.07. The standard InChI is InChI=1S/C28H25NO5S2/c1-18-3-7-20(8-4-18)16-33-23-12-11-22(13-25-27(32)29(15-26(30)31)28(35)36-25)24(14-23)34-17-21-9-5-19(2)6-10-21/h3-14H,15-17H2,1-2H3,(H,30,31). The van der Waals surface area contributed by atoms with E-state index in [1.54, 1.807) is 12.1 Å². The van der Waals surface area contributed by atoms with E-state index in [-0.39, 0.29) is 4.32 Å². The second kappa shape index (κ2) is 11.4. The van der Waals surface area contributed by atoms with E-state index in [1.165, 1.54) is 5.56 Å². The van der Waals surface area contributed by atoms with Crippen molar-refractivity contribution in [3.8, 4) is 11.5 Å². The molecule has 1 amide bonds. The SMILES string of the molecule is Cc1ccc(COc2ccc(C=C3SC(=S)N(CC(=O)O)C3=O)c(OCc3ccc(C)cc3)c2)cc1. The minimum absolute atomic E-state index is 0.217. The average Bonchev–Trinajstić information content (AvgIpc) is 3.11. The van der Waals surface area contributed by atoms with Gasteiger partial charge in [0, 0.05) is 11.6 Å². The number of aryl methyl sites for hydroxylation is 2. The maximum absolute atomic E-state index is 12.7. The van der Waals surface area contributed by atoms with Gasteiger partial charge in [-0.05, 0) is 43.2 Å². The molecule has 6 nitrogen and oxygen atoms in total. The monoisotopic (exact) mass is 519 g/mol. The van der Waals surface area contributed by atoms with E-state index in [4.69, 9.17) is 26.8 Å². The Morgan fingerprint density at radius 3 is 2.11 bits per heavy atom. The summed E-state index contributed by atoms with van der Waals surface area (Å²) < 4.78 is 12.4. The molecule has 1 heterocycles. The lowest BCUT2D eigenvalue weighted by atomic mass is 10.1. The molecule has 0 unspecified atom stereocenters. The zero-order valence-corrected chi connectivity index (χ0v) is 21.5. The number of nitrogens with zero attached hydrogens (tertiary/aromatic N) is 1. The van der Waals surface area contributed by atoms with Crippen LogP contribution in [0.15, 0.2) is 71.6 Å². The van der Waals surface area contributed by atoms with Gasteiger partial charge in [-0.1, -0.05) is 83.6 Å². The highest BCUT2D eigenvalue weighted by molar-refractivity contribution is 8.26. The number of carbonyl (C=O) groups is 2. The van der Waals surface area contributed by atoms with Crippen LogP contribution in [0, 0.1) is 13.8 Å². The van der Waals surface area contributed by atoms with Crippen LogP contribution in [-0.2, 0) is 22.8 Å². The molecule has 1 aliphatic rings. The van der Waals surface area contributed by atoms with Crippen molar-refractivity contribution in [3.05, 3.63) is 99.5 Å². The first-order chi connectivity index (χ1) is 17.3. The highest BCUT2D eigenvalue weighted by Gasteiger charge is 2.33. The van der Waals surface area contributed by atoms with Gasteiger partial charge in [0.1, 0.15) is 35.6 Å². The van der Waals surface area contributed by atoms with Crippen LogP contribution in [0.3, 0.4) is 0 Å². The predicted octanol–water partition coefficient (Wildman–Crippen LogP) is 5.75. The van der Waals surface area contributed by atoms with Crippen molar-refractivity contribution in [2.75, 3.05) is 6.54 Å². The molecule has 3 aromatic carbocycles. The number of hydrogen-bond acceptors (Lipinski definition) is 6. The molecule has 0 radical (unpaired) electrons. The Balaban J connectivity index is 1.58. The lowest BCUT2D eigenvalue weighted by Crippen LogP contribution is -2.33. The van der Waals surface area contributed by atoms with E-state index in [9.17, 15) is 9.59 Å². The van der Waals surface area contributed by atoms with Crippen LogP contribution in [0.2, 0.25) is 0 Å². The van der Waals surface area contributed by atoms with Gasteiger partial charge in [0.25, 0.3) is 5.91 Å². The summed E-state index contributed by atoms with van der Waals surface area (Å²) in [7, 11) is 0. The van der Waals surface area contributed by atoms with Gasteiger partial charge in [-0.15, -0.1) is 0 Å². The number of rotatable bonds is 9. The summed E-state index contributed by atoms with van der Waals surface area (Å²) in [5.74, 6) is -0.383. The third-order valence-corrected chi connectivity index (χ3v) is 6.86. The summed E-state index contributed by atoms with van der Waals surface area (Å²) in [6.45, 7) is 4.34. The van der Waals surface area contributed by atoms with Crippen LogP contribution >= 0.6 is 24.0 Å². The van der Waals surface area contributed by atoms with Gasteiger partial charge >= 0.3 is 5.97 Å². The Morgan fingerprint density at radius 1 is 0.944 bits per heavy atom.